The Hall–Kier alpha value is -2.34. The Morgan fingerprint density at radius 1 is 0.821 bits per heavy atom. The van der Waals surface area contributed by atoms with E-state index in [1.807, 2.05) is 48.5 Å². The average Bonchev–Trinajstić information content (AvgIpc) is 2.65. The molecule has 2 aromatic rings. The zero-order valence-corrected chi connectivity index (χ0v) is 18.6. The molecule has 1 N–H and O–H groups in total. The Morgan fingerprint density at radius 2 is 1.25 bits per heavy atom. The highest BCUT2D eigenvalue weighted by Gasteiger charge is 2.24. The fraction of sp³-hybridized carbons (Fsp3) is 0.409. The number of carbonyl (C=O) groups excluding carboxylic acids is 1. The maximum Gasteiger partial charge on any atom is 0.262 e. The van der Waals surface area contributed by atoms with Crippen LogP contribution in [0.4, 0.5) is 5.69 Å². The van der Waals surface area contributed by atoms with Crippen molar-refractivity contribution in [1.82, 2.24) is 4.90 Å². The summed E-state index contributed by atoms with van der Waals surface area (Å²) in [5.41, 5.74) is 5.61. The first-order valence-electron chi connectivity index (χ1n) is 9.54. The number of anilines is 1. The maximum absolute atomic E-state index is 13.1. The third-order valence-corrected chi connectivity index (χ3v) is 7.29. The molecule has 28 heavy (non-hydrogen) atoms. The fourth-order valence-corrected chi connectivity index (χ4v) is 5.11. The Labute approximate surface area is 168 Å². The lowest BCUT2D eigenvalue weighted by Gasteiger charge is -2.20. The number of hydrogen-bond acceptors (Lipinski definition) is 3. The smallest absolute Gasteiger partial charge is 0.262 e. The minimum Gasteiger partial charge on any atom is -0.339 e. The molecule has 0 fully saturated rings. The molecule has 152 valence electrons. The molecule has 0 unspecified atom stereocenters. The van der Waals surface area contributed by atoms with E-state index in [2.05, 4.69) is 4.72 Å². The minimum absolute atomic E-state index is 0.0594. The summed E-state index contributed by atoms with van der Waals surface area (Å²) < 4.78 is 28.8. The Balaban J connectivity index is 2.38. The quantitative estimate of drug-likeness (QED) is 0.773. The summed E-state index contributed by atoms with van der Waals surface area (Å²) in [6, 6.07) is 6.58. The number of hydrogen-bond donors (Lipinski definition) is 1. The first-order chi connectivity index (χ1) is 13.0. The largest absolute Gasteiger partial charge is 0.339 e. The van der Waals surface area contributed by atoms with Crippen molar-refractivity contribution < 1.29 is 13.2 Å². The van der Waals surface area contributed by atoms with Gasteiger partial charge in [0.05, 0.1) is 4.90 Å². The Bertz CT molecular complexity index is 960. The Kier molecular flexibility index (Phi) is 6.55. The van der Waals surface area contributed by atoms with Gasteiger partial charge in [-0.1, -0.05) is 0 Å². The van der Waals surface area contributed by atoms with Crippen LogP contribution in [0.2, 0.25) is 0 Å². The second kappa shape index (κ2) is 8.35. The molecule has 1 amide bonds. The number of benzene rings is 2. The minimum atomic E-state index is -3.74. The monoisotopic (exact) mass is 402 g/mol. The number of carbonyl (C=O) groups is 1. The highest BCUT2D eigenvalue weighted by Crippen LogP contribution is 2.30. The molecular weight excluding hydrogens is 372 g/mol. The molecule has 0 aromatic heterocycles. The summed E-state index contributed by atoms with van der Waals surface area (Å²) in [7, 11) is -3.74. The van der Waals surface area contributed by atoms with Crippen LogP contribution in [0.25, 0.3) is 0 Å². The van der Waals surface area contributed by atoms with Crippen LogP contribution in [0.5, 0.6) is 0 Å². The molecule has 5 nitrogen and oxygen atoms in total. The van der Waals surface area contributed by atoms with Crippen molar-refractivity contribution in [3.05, 3.63) is 57.6 Å². The van der Waals surface area contributed by atoms with Gasteiger partial charge in [0.2, 0.25) is 0 Å². The van der Waals surface area contributed by atoms with Crippen molar-refractivity contribution in [2.75, 3.05) is 17.8 Å². The first-order valence-corrected chi connectivity index (χ1v) is 11.0. The van der Waals surface area contributed by atoms with Gasteiger partial charge in [0.1, 0.15) is 0 Å². The van der Waals surface area contributed by atoms with E-state index in [4.69, 9.17) is 0 Å². The molecule has 0 heterocycles. The molecule has 0 bridgehead atoms. The van der Waals surface area contributed by atoms with E-state index < -0.39 is 10.0 Å². The highest BCUT2D eigenvalue weighted by molar-refractivity contribution is 7.92. The Morgan fingerprint density at radius 3 is 1.68 bits per heavy atom. The third kappa shape index (κ3) is 4.07. The summed E-state index contributed by atoms with van der Waals surface area (Å²) >= 11 is 0. The van der Waals surface area contributed by atoms with Gasteiger partial charge in [0, 0.05) is 24.3 Å². The van der Waals surface area contributed by atoms with Crippen molar-refractivity contribution in [1.29, 1.82) is 0 Å². The van der Waals surface area contributed by atoms with Gasteiger partial charge in [-0.3, -0.25) is 9.52 Å². The van der Waals surface area contributed by atoms with Gasteiger partial charge < -0.3 is 4.90 Å². The van der Waals surface area contributed by atoms with E-state index >= 15 is 0 Å². The van der Waals surface area contributed by atoms with Gasteiger partial charge in [-0.25, -0.2) is 8.42 Å². The van der Waals surface area contributed by atoms with Crippen LogP contribution in [0, 0.1) is 34.6 Å². The van der Waals surface area contributed by atoms with Crippen LogP contribution in [0.15, 0.2) is 29.2 Å². The highest BCUT2D eigenvalue weighted by atomic mass is 32.2. The SMILES string of the molecule is CCN(CC)C(=O)c1ccc(NS(=O)(=O)c2c(C)c(C)c(C)c(C)c2C)cc1. The van der Waals surface area contributed by atoms with Gasteiger partial charge in [0.25, 0.3) is 15.9 Å². The standard InChI is InChI=1S/C22H30N2O3S/c1-8-24(9-2)22(25)19-10-12-20(13-11-19)23-28(26,27)21-17(6)15(4)14(3)16(5)18(21)7/h10-13,23H,8-9H2,1-7H3. The second-order valence-corrected chi connectivity index (χ2v) is 8.73. The zero-order chi connectivity index (χ0) is 21.2. The van der Waals surface area contributed by atoms with Crippen LogP contribution in [0.1, 0.15) is 52.0 Å². The summed E-state index contributed by atoms with van der Waals surface area (Å²) in [4.78, 5) is 14.5. The van der Waals surface area contributed by atoms with E-state index in [1.165, 1.54) is 0 Å². The van der Waals surface area contributed by atoms with Gasteiger partial charge >= 0.3 is 0 Å². The van der Waals surface area contributed by atoms with Crippen LogP contribution in [0.3, 0.4) is 0 Å². The van der Waals surface area contributed by atoms with Gasteiger partial charge in [-0.2, -0.15) is 0 Å². The number of nitrogens with zero attached hydrogens (tertiary/aromatic N) is 1. The number of amides is 1. The summed E-state index contributed by atoms with van der Waals surface area (Å²) in [6.07, 6.45) is 0. The van der Waals surface area contributed by atoms with Crippen molar-refractivity contribution >= 4 is 21.6 Å². The molecule has 0 aliphatic carbocycles. The molecule has 0 saturated heterocycles. The predicted octanol–water partition coefficient (Wildman–Crippen LogP) is 4.51. The molecule has 0 aliphatic rings. The van der Waals surface area contributed by atoms with Gasteiger partial charge in [-0.05, 0) is 101 Å². The van der Waals surface area contributed by atoms with Crippen LogP contribution >= 0.6 is 0 Å². The van der Waals surface area contributed by atoms with Crippen molar-refractivity contribution in [3.63, 3.8) is 0 Å². The van der Waals surface area contributed by atoms with Crippen molar-refractivity contribution in [2.45, 2.75) is 53.4 Å². The predicted molar refractivity (Wildman–Crippen MR) is 115 cm³/mol. The summed E-state index contributed by atoms with van der Waals surface area (Å²) in [5.74, 6) is -0.0594. The van der Waals surface area contributed by atoms with E-state index in [0.29, 0.717) is 29.2 Å². The normalized spacial score (nSPS) is 11.4. The van der Waals surface area contributed by atoms with E-state index in [9.17, 15) is 13.2 Å². The molecule has 0 spiro atoms. The van der Waals surface area contributed by atoms with Crippen LogP contribution < -0.4 is 4.72 Å². The fourth-order valence-electron chi connectivity index (χ4n) is 3.45. The topological polar surface area (TPSA) is 66.5 Å². The second-order valence-electron chi connectivity index (χ2n) is 7.11. The molecule has 0 radical (unpaired) electrons. The number of nitrogens with one attached hydrogen (secondary N) is 1. The third-order valence-electron chi connectivity index (χ3n) is 5.63. The van der Waals surface area contributed by atoms with Crippen molar-refractivity contribution in [3.8, 4) is 0 Å². The average molecular weight is 403 g/mol. The zero-order valence-electron chi connectivity index (χ0n) is 17.8. The van der Waals surface area contributed by atoms with E-state index in [0.717, 1.165) is 27.8 Å². The number of rotatable bonds is 6. The lowest BCUT2D eigenvalue weighted by molar-refractivity contribution is 0.0773. The molecule has 2 rings (SSSR count). The van der Waals surface area contributed by atoms with E-state index in [1.54, 1.807) is 29.2 Å². The maximum atomic E-state index is 13.1. The van der Waals surface area contributed by atoms with Crippen LogP contribution in [-0.4, -0.2) is 32.3 Å². The van der Waals surface area contributed by atoms with Gasteiger partial charge in [0.15, 0.2) is 0 Å². The summed E-state index contributed by atoms with van der Waals surface area (Å²) in [5, 5.41) is 0. The number of sulfonamides is 1. The van der Waals surface area contributed by atoms with E-state index in [-0.39, 0.29) is 5.91 Å². The molecule has 0 saturated carbocycles. The lowest BCUT2D eigenvalue weighted by atomic mass is 9.95. The summed E-state index contributed by atoms with van der Waals surface area (Å²) in [6.45, 7) is 14.7. The molecule has 2 aromatic carbocycles. The first kappa shape index (κ1) is 22.0. The van der Waals surface area contributed by atoms with Crippen molar-refractivity contribution in [2.24, 2.45) is 0 Å². The lowest BCUT2D eigenvalue weighted by Crippen LogP contribution is -2.30. The molecule has 0 aliphatic heterocycles. The molecule has 0 atom stereocenters. The molecule has 6 heteroatoms. The van der Waals surface area contributed by atoms with Crippen LogP contribution in [-0.2, 0) is 10.0 Å². The van der Waals surface area contributed by atoms with Gasteiger partial charge in [-0.15, -0.1) is 0 Å². The molecular formula is C22H30N2O3S.